The van der Waals surface area contributed by atoms with Crippen molar-refractivity contribution in [3.8, 4) is 17.0 Å². The number of hydrogen-bond acceptors (Lipinski definition) is 3. The molecule has 0 N–H and O–H groups in total. The Balaban J connectivity index is 1.77. The second kappa shape index (κ2) is 6.76. The van der Waals surface area contributed by atoms with Gasteiger partial charge in [0.05, 0.1) is 19.3 Å². The van der Waals surface area contributed by atoms with E-state index in [1.165, 1.54) is 11.1 Å². The Morgan fingerprint density at radius 1 is 1.04 bits per heavy atom. The van der Waals surface area contributed by atoms with Crippen molar-refractivity contribution in [2.75, 3.05) is 7.11 Å². The van der Waals surface area contributed by atoms with Gasteiger partial charge in [0.25, 0.3) is 5.56 Å². The Morgan fingerprint density at radius 2 is 1.85 bits per heavy atom. The van der Waals surface area contributed by atoms with Crippen LogP contribution in [0.5, 0.6) is 5.75 Å². The van der Waals surface area contributed by atoms with Gasteiger partial charge in [-0.15, -0.1) is 0 Å². The highest BCUT2D eigenvalue weighted by molar-refractivity contribution is 5.71. The number of hydrogen-bond donors (Lipinski definition) is 0. The van der Waals surface area contributed by atoms with Gasteiger partial charge in [-0.1, -0.05) is 35.9 Å². The standard InChI is InChI=1S/C22H21N3O2/c1-15-8-9-17(16(2)12-15)14-24-10-11-25-20(22(24)26)13-19(23-25)18-6-4-5-7-21(18)27-3/h4-13H,14H2,1-3H3. The van der Waals surface area contributed by atoms with Gasteiger partial charge in [0.2, 0.25) is 0 Å². The van der Waals surface area contributed by atoms with Gasteiger partial charge in [-0.2, -0.15) is 5.10 Å². The molecule has 0 aliphatic carbocycles. The van der Waals surface area contributed by atoms with Crippen LogP contribution in [-0.4, -0.2) is 21.3 Å². The Morgan fingerprint density at radius 3 is 2.63 bits per heavy atom. The summed E-state index contributed by atoms with van der Waals surface area (Å²) in [6, 6.07) is 15.8. The molecule has 0 bridgehead atoms. The van der Waals surface area contributed by atoms with Gasteiger partial charge < -0.3 is 9.30 Å². The van der Waals surface area contributed by atoms with E-state index in [4.69, 9.17) is 4.74 Å². The Kier molecular flexibility index (Phi) is 4.28. The summed E-state index contributed by atoms with van der Waals surface area (Å²) in [5.41, 5.74) is 5.60. The molecule has 0 spiro atoms. The fourth-order valence-electron chi connectivity index (χ4n) is 3.35. The van der Waals surface area contributed by atoms with Crippen molar-refractivity contribution in [2.24, 2.45) is 0 Å². The molecule has 0 amide bonds. The van der Waals surface area contributed by atoms with Crippen LogP contribution in [0.1, 0.15) is 16.7 Å². The Hall–Kier alpha value is -3.34. The van der Waals surface area contributed by atoms with Gasteiger partial charge in [-0.25, -0.2) is 4.52 Å². The minimum absolute atomic E-state index is 0.0638. The zero-order valence-corrected chi connectivity index (χ0v) is 15.6. The van der Waals surface area contributed by atoms with Crippen molar-refractivity contribution < 1.29 is 4.74 Å². The van der Waals surface area contributed by atoms with E-state index in [9.17, 15) is 4.79 Å². The molecule has 0 fully saturated rings. The first kappa shape index (κ1) is 17.1. The molecule has 0 aliphatic heterocycles. The summed E-state index contributed by atoms with van der Waals surface area (Å²) >= 11 is 0. The summed E-state index contributed by atoms with van der Waals surface area (Å²) < 4.78 is 8.77. The number of nitrogens with zero attached hydrogens (tertiary/aromatic N) is 3. The van der Waals surface area contributed by atoms with E-state index in [0.717, 1.165) is 16.9 Å². The zero-order valence-electron chi connectivity index (χ0n) is 15.6. The third-order valence-electron chi connectivity index (χ3n) is 4.83. The molecule has 136 valence electrons. The summed E-state index contributed by atoms with van der Waals surface area (Å²) in [5.74, 6) is 0.733. The van der Waals surface area contributed by atoms with E-state index in [1.54, 1.807) is 22.4 Å². The fraction of sp³-hybridized carbons (Fsp3) is 0.182. The molecule has 5 heteroatoms. The lowest BCUT2D eigenvalue weighted by Gasteiger charge is -2.09. The van der Waals surface area contributed by atoms with Crippen LogP contribution in [0.4, 0.5) is 0 Å². The lowest BCUT2D eigenvalue weighted by molar-refractivity contribution is 0.416. The highest BCUT2D eigenvalue weighted by Gasteiger charge is 2.13. The molecule has 0 aliphatic rings. The fourth-order valence-corrected chi connectivity index (χ4v) is 3.35. The first-order chi connectivity index (χ1) is 13.1. The zero-order chi connectivity index (χ0) is 19.0. The first-order valence-corrected chi connectivity index (χ1v) is 8.85. The summed E-state index contributed by atoms with van der Waals surface area (Å²) in [5, 5.41) is 4.55. The molecule has 2 heterocycles. The van der Waals surface area contributed by atoms with Crippen LogP contribution in [0.3, 0.4) is 0 Å². The van der Waals surface area contributed by atoms with E-state index in [0.29, 0.717) is 17.8 Å². The summed E-state index contributed by atoms with van der Waals surface area (Å²) in [4.78, 5) is 13.0. The SMILES string of the molecule is COc1ccccc1-c1cc2c(=O)n(Cc3ccc(C)cc3C)ccn2n1. The average molecular weight is 359 g/mol. The lowest BCUT2D eigenvalue weighted by atomic mass is 10.1. The third-order valence-corrected chi connectivity index (χ3v) is 4.83. The van der Waals surface area contributed by atoms with Crippen molar-refractivity contribution in [2.45, 2.75) is 20.4 Å². The van der Waals surface area contributed by atoms with E-state index in [1.807, 2.05) is 36.5 Å². The summed E-state index contributed by atoms with van der Waals surface area (Å²) in [7, 11) is 1.63. The molecule has 5 nitrogen and oxygen atoms in total. The highest BCUT2D eigenvalue weighted by Crippen LogP contribution is 2.28. The van der Waals surface area contributed by atoms with E-state index in [2.05, 4.69) is 37.1 Å². The maximum absolute atomic E-state index is 13.0. The molecule has 4 rings (SSSR count). The molecule has 2 aromatic heterocycles. The van der Waals surface area contributed by atoms with Crippen LogP contribution in [0, 0.1) is 13.8 Å². The van der Waals surface area contributed by atoms with Gasteiger partial charge in [0.1, 0.15) is 11.3 Å². The van der Waals surface area contributed by atoms with Gasteiger partial charge in [-0.05, 0) is 43.2 Å². The number of fused-ring (bicyclic) bond motifs is 1. The van der Waals surface area contributed by atoms with Crippen LogP contribution >= 0.6 is 0 Å². The van der Waals surface area contributed by atoms with Gasteiger partial charge in [0.15, 0.2) is 0 Å². The van der Waals surface area contributed by atoms with E-state index in [-0.39, 0.29) is 5.56 Å². The van der Waals surface area contributed by atoms with Crippen molar-refractivity contribution in [3.63, 3.8) is 0 Å². The maximum atomic E-state index is 13.0. The number of rotatable bonds is 4. The Bertz CT molecular complexity index is 1190. The number of methoxy groups -OCH3 is 1. The minimum Gasteiger partial charge on any atom is -0.496 e. The molecule has 0 unspecified atom stereocenters. The smallest absolute Gasteiger partial charge is 0.276 e. The van der Waals surface area contributed by atoms with Gasteiger partial charge in [-0.3, -0.25) is 4.79 Å². The van der Waals surface area contributed by atoms with Crippen molar-refractivity contribution in [1.82, 2.24) is 14.2 Å². The van der Waals surface area contributed by atoms with E-state index >= 15 is 0 Å². The first-order valence-electron chi connectivity index (χ1n) is 8.85. The normalized spacial score (nSPS) is 11.1. The van der Waals surface area contributed by atoms with Gasteiger partial charge in [0, 0.05) is 18.0 Å². The molecule has 4 aromatic rings. The largest absolute Gasteiger partial charge is 0.496 e. The second-order valence-electron chi connectivity index (χ2n) is 6.72. The van der Waals surface area contributed by atoms with Crippen LogP contribution in [0.2, 0.25) is 0 Å². The summed E-state index contributed by atoms with van der Waals surface area (Å²) in [6.45, 7) is 4.68. The van der Waals surface area contributed by atoms with E-state index < -0.39 is 0 Å². The van der Waals surface area contributed by atoms with Crippen molar-refractivity contribution >= 4 is 5.52 Å². The molecular formula is C22H21N3O2. The topological polar surface area (TPSA) is 48.5 Å². The van der Waals surface area contributed by atoms with Crippen LogP contribution < -0.4 is 10.3 Å². The number of aryl methyl sites for hydroxylation is 2. The number of benzene rings is 2. The molecule has 0 saturated heterocycles. The number of ether oxygens (including phenoxy) is 1. The predicted molar refractivity (Wildman–Crippen MR) is 106 cm³/mol. The highest BCUT2D eigenvalue weighted by atomic mass is 16.5. The molecular weight excluding hydrogens is 338 g/mol. The minimum atomic E-state index is -0.0638. The maximum Gasteiger partial charge on any atom is 0.276 e. The Labute approximate surface area is 157 Å². The second-order valence-corrected chi connectivity index (χ2v) is 6.72. The number of para-hydroxylation sites is 1. The van der Waals surface area contributed by atoms with Crippen LogP contribution in [0.25, 0.3) is 16.8 Å². The van der Waals surface area contributed by atoms with Gasteiger partial charge >= 0.3 is 0 Å². The molecule has 27 heavy (non-hydrogen) atoms. The molecule has 0 saturated carbocycles. The van der Waals surface area contributed by atoms with Crippen molar-refractivity contribution in [3.05, 3.63) is 88.0 Å². The van der Waals surface area contributed by atoms with Crippen molar-refractivity contribution in [1.29, 1.82) is 0 Å². The predicted octanol–water partition coefficient (Wildman–Crippen LogP) is 3.84. The monoisotopic (exact) mass is 359 g/mol. The number of aromatic nitrogens is 3. The lowest BCUT2D eigenvalue weighted by Crippen LogP contribution is -2.22. The molecule has 0 radical (unpaired) electrons. The summed E-state index contributed by atoms with van der Waals surface area (Å²) in [6.07, 6.45) is 3.60. The molecule has 0 atom stereocenters. The van der Waals surface area contributed by atoms with Crippen LogP contribution in [-0.2, 0) is 6.54 Å². The average Bonchev–Trinajstić information content (AvgIpc) is 3.11. The third kappa shape index (κ3) is 3.12. The molecule has 2 aromatic carbocycles. The van der Waals surface area contributed by atoms with Crippen LogP contribution in [0.15, 0.2) is 65.7 Å². The quantitative estimate of drug-likeness (QED) is 0.556.